The van der Waals surface area contributed by atoms with Gasteiger partial charge in [-0.3, -0.25) is 4.79 Å². The number of rotatable bonds is 7. The van der Waals surface area contributed by atoms with Crippen molar-refractivity contribution in [2.75, 3.05) is 5.73 Å². The average Bonchev–Trinajstić information content (AvgIpc) is 3.25. The number of aliphatic carboxylic acids is 1. The maximum Gasteiger partial charge on any atom is 0.303 e. The van der Waals surface area contributed by atoms with Crippen LogP contribution in [0.3, 0.4) is 0 Å². The first-order chi connectivity index (χ1) is 16.6. The number of hydrogen-bond acceptors (Lipinski definition) is 5. The van der Waals surface area contributed by atoms with Gasteiger partial charge in [-0.25, -0.2) is 9.97 Å². The minimum Gasteiger partial charge on any atom is -0.481 e. The Morgan fingerprint density at radius 3 is 2.41 bits per heavy atom. The fourth-order valence-electron chi connectivity index (χ4n) is 4.97. The quantitative estimate of drug-likeness (QED) is 0.350. The number of nitrogens with two attached hydrogens (primary N) is 1. The fraction of sp³-hybridized carbons (Fsp3) is 0.296. The summed E-state index contributed by atoms with van der Waals surface area (Å²) in [5, 5.41) is 9.85. The highest BCUT2D eigenvalue weighted by atomic mass is 16.5. The van der Waals surface area contributed by atoms with E-state index in [0.717, 1.165) is 65.8 Å². The zero-order valence-corrected chi connectivity index (χ0v) is 18.9. The smallest absolute Gasteiger partial charge is 0.303 e. The fourth-order valence-corrected chi connectivity index (χ4v) is 4.97. The van der Waals surface area contributed by atoms with Gasteiger partial charge in [0.1, 0.15) is 29.3 Å². The molecule has 2 heterocycles. The number of nitrogens with zero attached hydrogens (tertiary/aromatic N) is 3. The summed E-state index contributed by atoms with van der Waals surface area (Å²) >= 11 is 0. The molecule has 0 amide bonds. The molecule has 5 rings (SSSR count). The van der Waals surface area contributed by atoms with Gasteiger partial charge in [-0.1, -0.05) is 30.3 Å². The van der Waals surface area contributed by atoms with E-state index in [-0.39, 0.29) is 6.42 Å². The van der Waals surface area contributed by atoms with Crippen LogP contribution in [0.4, 0.5) is 5.82 Å². The molecule has 1 fully saturated rings. The molecule has 1 saturated carbocycles. The third kappa shape index (κ3) is 4.59. The van der Waals surface area contributed by atoms with Crippen molar-refractivity contribution in [3.8, 4) is 22.6 Å². The van der Waals surface area contributed by atoms with E-state index in [0.29, 0.717) is 17.8 Å². The van der Waals surface area contributed by atoms with Gasteiger partial charge in [0, 0.05) is 24.2 Å². The lowest BCUT2D eigenvalue weighted by Crippen LogP contribution is -2.18. The number of ether oxygens (including phenoxy) is 1. The Labute approximate surface area is 198 Å². The van der Waals surface area contributed by atoms with Crippen LogP contribution < -0.4 is 10.5 Å². The van der Waals surface area contributed by atoms with Crippen LogP contribution in [0.25, 0.3) is 22.2 Å². The van der Waals surface area contributed by atoms with Gasteiger partial charge < -0.3 is 20.1 Å². The predicted molar refractivity (Wildman–Crippen MR) is 132 cm³/mol. The normalized spacial score (nSPS) is 18.1. The summed E-state index contributed by atoms with van der Waals surface area (Å²) in [6, 6.07) is 18.0. The van der Waals surface area contributed by atoms with Gasteiger partial charge >= 0.3 is 5.97 Å². The number of carbonyl (C=O) groups is 1. The highest BCUT2D eigenvalue weighted by Crippen LogP contribution is 2.40. The summed E-state index contributed by atoms with van der Waals surface area (Å²) in [5.74, 6) is 1.80. The standard InChI is InChI=1S/C27H28N4O3/c28-26-25-23(19-9-13-22(14-10-19)34-21-4-2-1-3-5-21)16-31(27(25)30-17-29-26)20-11-6-18(7-12-20)8-15-24(32)33/h1-5,9-10,13-14,16-18,20H,6-8,11-12,15H2,(H,32,33)(H2,28,29,30)/t18-,20+. The van der Waals surface area contributed by atoms with E-state index in [1.54, 1.807) is 0 Å². The highest BCUT2D eigenvalue weighted by molar-refractivity contribution is 6.00. The number of hydrogen-bond donors (Lipinski definition) is 2. The van der Waals surface area contributed by atoms with Crippen LogP contribution in [0.15, 0.2) is 67.1 Å². The van der Waals surface area contributed by atoms with Crippen molar-refractivity contribution in [2.45, 2.75) is 44.6 Å². The van der Waals surface area contributed by atoms with Crippen molar-refractivity contribution in [2.24, 2.45) is 5.92 Å². The number of aromatic nitrogens is 3. The Kier molecular flexibility index (Phi) is 6.16. The molecule has 34 heavy (non-hydrogen) atoms. The van der Waals surface area contributed by atoms with Gasteiger partial charge in [0.25, 0.3) is 0 Å². The lowest BCUT2D eigenvalue weighted by Gasteiger charge is -2.29. The topological polar surface area (TPSA) is 103 Å². The first-order valence-corrected chi connectivity index (χ1v) is 11.7. The first-order valence-electron chi connectivity index (χ1n) is 11.7. The lowest BCUT2D eigenvalue weighted by molar-refractivity contribution is -0.137. The molecule has 0 bridgehead atoms. The van der Waals surface area contributed by atoms with Crippen LogP contribution in [-0.2, 0) is 4.79 Å². The molecular formula is C27H28N4O3. The van der Waals surface area contributed by atoms with E-state index < -0.39 is 5.97 Å². The van der Waals surface area contributed by atoms with E-state index in [9.17, 15) is 4.79 Å². The number of carboxylic acids is 1. The van der Waals surface area contributed by atoms with Gasteiger partial charge in [0.05, 0.1) is 5.39 Å². The molecule has 0 atom stereocenters. The van der Waals surface area contributed by atoms with Crippen LogP contribution in [0, 0.1) is 5.92 Å². The molecule has 7 heteroatoms. The molecule has 0 aliphatic heterocycles. The maximum absolute atomic E-state index is 10.9. The number of para-hydroxylation sites is 1. The summed E-state index contributed by atoms with van der Waals surface area (Å²) < 4.78 is 8.17. The van der Waals surface area contributed by atoms with E-state index in [4.69, 9.17) is 15.6 Å². The largest absolute Gasteiger partial charge is 0.481 e. The van der Waals surface area contributed by atoms with Crippen LogP contribution in [0.1, 0.15) is 44.6 Å². The summed E-state index contributed by atoms with van der Waals surface area (Å²) in [6.07, 6.45) is 8.73. The average molecular weight is 457 g/mol. The molecule has 2 aromatic heterocycles. The number of nitrogen functional groups attached to an aromatic ring is 1. The summed E-state index contributed by atoms with van der Waals surface area (Å²) in [4.78, 5) is 19.8. The molecule has 4 aromatic rings. The summed E-state index contributed by atoms with van der Waals surface area (Å²) in [7, 11) is 0. The molecule has 174 valence electrons. The second kappa shape index (κ2) is 9.55. The van der Waals surface area contributed by atoms with Gasteiger partial charge in [-0.05, 0) is 67.9 Å². The minimum atomic E-state index is -0.712. The molecule has 7 nitrogen and oxygen atoms in total. The van der Waals surface area contributed by atoms with E-state index >= 15 is 0 Å². The van der Waals surface area contributed by atoms with Gasteiger partial charge in [-0.2, -0.15) is 0 Å². The first kappa shape index (κ1) is 21.9. The molecule has 0 unspecified atom stereocenters. The maximum atomic E-state index is 10.9. The van der Waals surface area contributed by atoms with Crippen molar-refractivity contribution >= 4 is 22.8 Å². The van der Waals surface area contributed by atoms with Crippen LogP contribution in [0.5, 0.6) is 11.5 Å². The zero-order valence-electron chi connectivity index (χ0n) is 18.9. The number of anilines is 1. The van der Waals surface area contributed by atoms with Crippen molar-refractivity contribution < 1.29 is 14.6 Å². The highest BCUT2D eigenvalue weighted by Gasteiger charge is 2.26. The Hall–Kier alpha value is -3.87. The molecular weight excluding hydrogens is 428 g/mol. The third-order valence-electron chi connectivity index (χ3n) is 6.76. The van der Waals surface area contributed by atoms with E-state index in [2.05, 4.69) is 20.7 Å². The second-order valence-corrected chi connectivity index (χ2v) is 8.95. The predicted octanol–water partition coefficient (Wildman–Crippen LogP) is 6.07. The van der Waals surface area contributed by atoms with Crippen LogP contribution in [-0.4, -0.2) is 25.6 Å². The van der Waals surface area contributed by atoms with E-state index in [1.807, 2.05) is 54.6 Å². The van der Waals surface area contributed by atoms with Gasteiger partial charge in [0.15, 0.2) is 0 Å². The van der Waals surface area contributed by atoms with Gasteiger partial charge in [0.2, 0.25) is 0 Å². The van der Waals surface area contributed by atoms with Crippen molar-refractivity contribution in [3.05, 3.63) is 67.1 Å². The lowest BCUT2D eigenvalue weighted by atomic mass is 9.83. The Morgan fingerprint density at radius 1 is 1.00 bits per heavy atom. The molecule has 3 N–H and O–H groups in total. The molecule has 0 saturated heterocycles. The number of benzene rings is 2. The SMILES string of the molecule is Nc1ncnc2c1c(-c1ccc(Oc3ccccc3)cc1)cn2[C@H]1CC[C@@H](CCC(=O)O)CC1. The molecule has 1 aliphatic rings. The Balaban J connectivity index is 1.40. The van der Waals surface area contributed by atoms with Crippen molar-refractivity contribution in [3.63, 3.8) is 0 Å². The van der Waals surface area contributed by atoms with Crippen LogP contribution >= 0.6 is 0 Å². The zero-order chi connectivity index (χ0) is 23.5. The number of fused-ring (bicyclic) bond motifs is 1. The second-order valence-electron chi connectivity index (χ2n) is 8.95. The molecule has 1 aliphatic carbocycles. The van der Waals surface area contributed by atoms with Crippen molar-refractivity contribution in [1.29, 1.82) is 0 Å². The summed E-state index contributed by atoms with van der Waals surface area (Å²) in [6.45, 7) is 0. The number of carboxylic acid groups (broad SMARTS) is 1. The van der Waals surface area contributed by atoms with E-state index in [1.165, 1.54) is 6.33 Å². The minimum absolute atomic E-state index is 0.250. The monoisotopic (exact) mass is 456 g/mol. The van der Waals surface area contributed by atoms with Crippen molar-refractivity contribution in [1.82, 2.24) is 14.5 Å². The van der Waals surface area contributed by atoms with Crippen LogP contribution in [0.2, 0.25) is 0 Å². The molecule has 0 radical (unpaired) electrons. The summed E-state index contributed by atoms with van der Waals surface area (Å²) in [5.41, 5.74) is 9.20. The molecule has 2 aromatic carbocycles. The third-order valence-corrected chi connectivity index (χ3v) is 6.76. The molecule has 0 spiro atoms. The van der Waals surface area contributed by atoms with Gasteiger partial charge in [-0.15, -0.1) is 0 Å². The Bertz CT molecular complexity index is 1280. The Morgan fingerprint density at radius 2 is 1.71 bits per heavy atom.